The quantitative estimate of drug-likeness (QED) is 0.0198. The Morgan fingerprint density at radius 1 is 0.565 bits per heavy atom. The number of ether oxygens (including phenoxy) is 4. The molecule has 0 saturated carbocycles. The Morgan fingerprint density at radius 2 is 1.05 bits per heavy atom. The molecule has 360 valence electrons. The van der Waals surface area contributed by atoms with Gasteiger partial charge in [0.15, 0.2) is 12.4 Å². The summed E-state index contributed by atoms with van der Waals surface area (Å²) in [6, 6.07) is 0. The van der Waals surface area contributed by atoms with E-state index in [0.717, 1.165) is 44.9 Å². The number of aliphatic hydroxyl groups excluding tert-OH is 3. The monoisotopic (exact) mass is 899 g/mol. The van der Waals surface area contributed by atoms with Gasteiger partial charge in [0.1, 0.15) is 36.8 Å². The van der Waals surface area contributed by atoms with E-state index in [4.69, 9.17) is 18.9 Å². The highest BCUT2D eigenvalue weighted by molar-refractivity contribution is 7.85. The molecule has 0 bridgehead atoms. The first-order valence-corrected chi connectivity index (χ1v) is 25.8. The van der Waals surface area contributed by atoms with Gasteiger partial charge in [-0.1, -0.05) is 172 Å². The van der Waals surface area contributed by atoms with Crippen LogP contribution in [0.5, 0.6) is 0 Å². The largest absolute Gasteiger partial charge is 0.462 e. The van der Waals surface area contributed by atoms with Crippen molar-refractivity contribution < 1.29 is 56.8 Å². The van der Waals surface area contributed by atoms with E-state index >= 15 is 0 Å². The molecule has 1 heterocycles. The third kappa shape index (κ3) is 33.2. The van der Waals surface area contributed by atoms with Crippen LogP contribution in [0.25, 0.3) is 0 Å². The fourth-order valence-corrected chi connectivity index (χ4v) is 7.87. The van der Waals surface area contributed by atoms with Crippen LogP contribution in [0.1, 0.15) is 194 Å². The van der Waals surface area contributed by atoms with Crippen molar-refractivity contribution in [2.45, 2.75) is 230 Å². The normalized spacial score (nSPS) is 20.3. The van der Waals surface area contributed by atoms with Gasteiger partial charge in [-0.3, -0.25) is 14.1 Å². The summed E-state index contributed by atoms with van der Waals surface area (Å²) >= 11 is 0. The van der Waals surface area contributed by atoms with E-state index in [1.54, 1.807) is 0 Å². The predicted octanol–water partition coefficient (Wildman–Crippen LogP) is 10.3. The second-order valence-corrected chi connectivity index (χ2v) is 18.2. The minimum Gasteiger partial charge on any atom is -0.462 e. The Hall–Kier alpha value is -2.39. The number of hydrogen-bond acceptors (Lipinski definition) is 11. The van der Waals surface area contributed by atoms with Crippen molar-refractivity contribution in [3.8, 4) is 0 Å². The summed E-state index contributed by atoms with van der Waals surface area (Å²) in [6.45, 7) is 3.61. The van der Waals surface area contributed by atoms with Gasteiger partial charge in [-0.25, -0.2) is 0 Å². The van der Waals surface area contributed by atoms with Crippen LogP contribution in [0, 0.1) is 0 Å². The molecule has 4 N–H and O–H groups in total. The lowest BCUT2D eigenvalue weighted by atomic mass is 10.00. The van der Waals surface area contributed by atoms with E-state index in [2.05, 4.69) is 50.3 Å². The standard InChI is InChI=1S/C49H86O12S/c1-3-5-7-9-11-13-15-17-18-19-20-21-22-23-24-26-27-29-31-33-35-37-44(50)58-39-42(40-59-49-48(54)47(53)46(52)43(61-49)41-62(55,56)57)60-45(51)38-36-34-32-30-28-25-16-14-12-10-8-6-4-2/h5,7,11,13,25,28,32,34,42-43,46-49,52-54H,3-4,6,8-10,12,14-24,26-27,29-31,33,35-41H2,1-2H3,(H,55,56,57)/b7-5+,13-11+,28-25+,34-32+/t42?,43-,46-,47?,48?,49+/m1/s1. The van der Waals surface area contributed by atoms with E-state index in [1.807, 2.05) is 12.2 Å². The molecular formula is C49H86O12S. The zero-order valence-electron chi connectivity index (χ0n) is 38.5. The zero-order chi connectivity index (χ0) is 45.5. The van der Waals surface area contributed by atoms with Gasteiger partial charge in [-0.2, -0.15) is 8.42 Å². The maximum atomic E-state index is 12.8. The van der Waals surface area contributed by atoms with Crippen LogP contribution >= 0.6 is 0 Å². The number of esters is 2. The Bertz CT molecular complexity index is 1330. The molecule has 0 aromatic heterocycles. The molecular weight excluding hydrogens is 813 g/mol. The van der Waals surface area contributed by atoms with Crippen molar-refractivity contribution in [1.82, 2.24) is 0 Å². The van der Waals surface area contributed by atoms with Crippen molar-refractivity contribution in [1.29, 1.82) is 0 Å². The molecule has 1 rings (SSSR count). The fourth-order valence-electron chi connectivity index (χ4n) is 7.18. The van der Waals surface area contributed by atoms with Crippen molar-refractivity contribution in [2.75, 3.05) is 19.0 Å². The Morgan fingerprint density at radius 3 is 1.56 bits per heavy atom. The molecule has 1 fully saturated rings. The van der Waals surface area contributed by atoms with Crippen LogP contribution < -0.4 is 0 Å². The molecule has 12 nitrogen and oxygen atoms in total. The summed E-state index contributed by atoms with van der Waals surface area (Å²) in [4.78, 5) is 25.4. The molecule has 3 unspecified atom stereocenters. The molecule has 0 aromatic rings. The summed E-state index contributed by atoms with van der Waals surface area (Å²) in [7, 11) is -4.61. The first-order chi connectivity index (χ1) is 30.0. The lowest BCUT2D eigenvalue weighted by Crippen LogP contribution is -2.60. The van der Waals surface area contributed by atoms with Gasteiger partial charge in [-0.05, 0) is 57.8 Å². The van der Waals surface area contributed by atoms with Gasteiger partial charge in [0.05, 0.1) is 6.61 Å². The van der Waals surface area contributed by atoms with Crippen LogP contribution in [-0.4, -0.2) is 96.0 Å². The summed E-state index contributed by atoms with van der Waals surface area (Å²) in [5.41, 5.74) is 0. The minimum absolute atomic E-state index is 0.0583. The molecule has 6 atom stereocenters. The molecule has 1 aliphatic heterocycles. The van der Waals surface area contributed by atoms with Gasteiger partial charge >= 0.3 is 11.9 Å². The van der Waals surface area contributed by atoms with Gasteiger partial charge in [0.2, 0.25) is 0 Å². The van der Waals surface area contributed by atoms with Gasteiger partial charge < -0.3 is 34.3 Å². The fraction of sp³-hybridized carbons (Fsp3) is 0.796. The van der Waals surface area contributed by atoms with Crippen molar-refractivity contribution >= 4 is 22.1 Å². The van der Waals surface area contributed by atoms with Crippen LogP contribution in [0.4, 0.5) is 0 Å². The average molecular weight is 899 g/mol. The Labute approximate surface area is 375 Å². The second-order valence-electron chi connectivity index (χ2n) is 16.7. The third-order valence-corrected chi connectivity index (χ3v) is 11.7. The Kier molecular flexibility index (Phi) is 36.3. The molecule has 0 aliphatic carbocycles. The van der Waals surface area contributed by atoms with Gasteiger partial charge in [0.25, 0.3) is 10.1 Å². The maximum Gasteiger partial charge on any atom is 0.306 e. The first kappa shape index (κ1) is 57.6. The van der Waals surface area contributed by atoms with Crippen LogP contribution in [0.2, 0.25) is 0 Å². The highest BCUT2D eigenvalue weighted by Crippen LogP contribution is 2.24. The minimum atomic E-state index is -4.61. The number of rotatable bonds is 40. The predicted molar refractivity (Wildman–Crippen MR) is 247 cm³/mol. The lowest BCUT2D eigenvalue weighted by molar-refractivity contribution is -0.297. The van der Waals surface area contributed by atoms with Gasteiger partial charge in [-0.15, -0.1) is 0 Å². The SMILES string of the molecule is CC/C=C/C/C=C/CCCCCCCCCCCCCCCCC(=O)OCC(CO[C@H]1O[C@H](CS(=O)(=O)O)[C@@H](O)C(O)C1O)OC(=O)CC/C=C/C/C=C/CCCCCCCC. The van der Waals surface area contributed by atoms with E-state index < -0.39 is 71.2 Å². The number of carbonyl (C=O) groups is 2. The van der Waals surface area contributed by atoms with Crippen molar-refractivity contribution in [2.24, 2.45) is 0 Å². The molecule has 62 heavy (non-hydrogen) atoms. The van der Waals surface area contributed by atoms with Crippen LogP contribution in [0.3, 0.4) is 0 Å². The van der Waals surface area contributed by atoms with E-state index in [0.29, 0.717) is 12.8 Å². The highest BCUT2D eigenvalue weighted by atomic mass is 32.2. The summed E-state index contributed by atoms with van der Waals surface area (Å²) in [5, 5.41) is 30.9. The molecule has 1 saturated heterocycles. The third-order valence-electron chi connectivity index (χ3n) is 10.9. The van der Waals surface area contributed by atoms with Crippen LogP contribution in [0.15, 0.2) is 48.6 Å². The summed E-state index contributed by atoms with van der Waals surface area (Å²) in [5.74, 6) is -2.07. The topological polar surface area (TPSA) is 186 Å². The molecule has 13 heteroatoms. The number of allylic oxidation sites excluding steroid dienone is 8. The van der Waals surface area contributed by atoms with E-state index in [9.17, 15) is 37.9 Å². The van der Waals surface area contributed by atoms with E-state index in [1.165, 1.54) is 109 Å². The first-order valence-electron chi connectivity index (χ1n) is 24.2. The zero-order valence-corrected chi connectivity index (χ0v) is 39.3. The number of aliphatic hydroxyl groups is 3. The molecule has 0 radical (unpaired) electrons. The smallest absolute Gasteiger partial charge is 0.306 e. The maximum absolute atomic E-state index is 12.8. The summed E-state index contributed by atoms with van der Waals surface area (Å²) in [6.07, 6.45) is 37.5. The average Bonchev–Trinajstić information content (AvgIpc) is 3.24. The molecule has 1 aliphatic rings. The van der Waals surface area contributed by atoms with Crippen LogP contribution in [-0.2, 0) is 38.7 Å². The van der Waals surface area contributed by atoms with Crippen molar-refractivity contribution in [3.63, 3.8) is 0 Å². The van der Waals surface area contributed by atoms with Crippen molar-refractivity contribution in [3.05, 3.63) is 48.6 Å². The molecule has 0 spiro atoms. The lowest BCUT2D eigenvalue weighted by Gasteiger charge is -2.40. The van der Waals surface area contributed by atoms with Gasteiger partial charge in [0, 0.05) is 12.8 Å². The number of carbonyl (C=O) groups excluding carboxylic acids is 2. The number of hydrogen-bond donors (Lipinski definition) is 4. The van der Waals surface area contributed by atoms with E-state index in [-0.39, 0.29) is 19.4 Å². The Balaban J connectivity index is 2.39. The number of unbranched alkanes of at least 4 members (excludes halogenated alkanes) is 20. The summed E-state index contributed by atoms with van der Waals surface area (Å²) < 4.78 is 54.0. The highest BCUT2D eigenvalue weighted by Gasteiger charge is 2.46. The molecule has 0 amide bonds. The molecule has 0 aromatic carbocycles. The second kappa shape index (κ2) is 39.0.